The Morgan fingerprint density at radius 1 is 1.32 bits per heavy atom. The number of aliphatic hydroxyl groups excluding tert-OH is 1. The van der Waals surface area contributed by atoms with E-state index in [0.29, 0.717) is 19.0 Å². The maximum Gasteiger partial charge on any atom is 0.153 e. The SMILES string of the molecule is Cc1noc(C)c1-c1ccc2nc(C(C)O)n3c2c1OCC3. The smallest absolute Gasteiger partial charge is 0.153 e. The number of imidazole rings is 1. The van der Waals surface area contributed by atoms with E-state index in [4.69, 9.17) is 9.26 Å². The Kier molecular flexibility index (Phi) is 2.77. The van der Waals surface area contributed by atoms with Crippen molar-refractivity contribution in [2.75, 3.05) is 6.61 Å². The summed E-state index contributed by atoms with van der Waals surface area (Å²) in [5.74, 6) is 2.23. The minimum absolute atomic E-state index is 0.554. The number of hydrogen-bond donors (Lipinski definition) is 1. The molecule has 1 atom stereocenters. The summed E-state index contributed by atoms with van der Waals surface area (Å²) in [4.78, 5) is 4.55. The van der Waals surface area contributed by atoms with Gasteiger partial charge in [0, 0.05) is 5.56 Å². The molecule has 0 radical (unpaired) electrons. The lowest BCUT2D eigenvalue weighted by atomic mass is 10.0. The third-order valence-electron chi connectivity index (χ3n) is 4.13. The number of ether oxygens (including phenoxy) is 1. The third kappa shape index (κ3) is 1.70. The summed E-state index contributed by atoms with van der Waals surface area (Å²) < 4.78 is 13.3. The van der Waals surface area contributed by atoms with Crippen molar-refractivity contribution in [1.29, 1.82) is 0 Å². The molecular weight excluding hydrogens is 282 g/mol. The van der Waals surface area contributed by atoms with E-state index in [0.717, 1.165) is 39.4 Å². The molecule has 3 heterocycles. The fraction of sp³-hybridized carbons (Fsp3) is 0.375. The fourth-order valence-electron chi connectivity index (χ4n) is 3.20. The maximum absolute atomic E-state index is 9.94. The minimum atomic E-state index is -0.610. The summed E-state index contributed by atoms with van der Waals surface area (Å²) in [7, 11) is 0. The molecule has 6 heteroatoms. The van der Waals surface area contributed by atoms with E-state index in [1.165, 1.54) is 0 Å². The quantitative estimate of drug-likeness (QED) is 0.787. The molecule has 114 valence electrons. The topological polar surface area (TPSA) is 73.3 Å². The molecule has 0 saturated carbocycles. The number of hydrogen-bond acceptors (Lipinski definition) is 5. The van der Waals surface area contributed by atoms with Gasteiger partial charge in [-0.15, -0.1) is 0 Å². The molecule has 22 heavy (non-hydrogen) atoms. The van der Waals surface area contributed by atoms with E-state index in [1.54, 1.807) is 6.92 Å². The lowest BCUT2D eigenvalue weighted by Gasteiger charge is -2.21. The van der Waals surface area contributed by atoms with Gasteiger partial charge in [0.05, 0.1) is 23.3 Å². The van der Waals surface area contributed by atoms with Gasteiger partial charge in [0.25, 0.3) is 0 Å². The molecule has 2 aromatic heterocycles. The Morgan fingerprint density at radius 2 is 2.14 bits per heavy atom. The number of rotatable bonds is 2. The van der Waals surface area contributed by atoms with E-state index in [-0.39, 0.29) is 0 Å². The van der Waals surface area contributed by atoms with Gasteiger partial charge >= 0.3 is 0 Å². The second-order valence-electron chi connectivity index (χ2n) is 5.66. The molecule has 6 nitrogen and oxygen atoms in total. The normalized spacial score (nSPS) is 15.1. The van der Waals surface area contributed by atoms with E-state index >= 15 is 0 Å². The predicted molar refractivity (Wildman–Crippen MR) is 80.8 cm³/mol. The number of aryl methyl sites for hydroxylation is 2. The molecule has 1 aliphatic rings. The molecule has 0 amide bonds. The highest BCUT2D eigenvalue weighted by atomic mass is 16.5. The van der Waals surface area contributed by atoms with Gasteiger partial charge in [0.15, 0.2) is 5.75 Å². The van der Waals surface area contributed by atoms with Gasteiger partial charge in [0.2, 0.25) is 0 Å². The van der Waals surface area contributed by atoms with Gasteiger partial charge in [-0.1, -0.05) is 5.16 Å². The molecule has 1 N–H and O–H groups in total. The van der Waals surface area contributed by atoms with Crippen molar-refractivity contribution < 1.29 is 14.4 Å². The zero-order chi connectivity index (χ0) is 15.4. The van der Waals surface area contributed by atoms with Crippen LogP contribution in [0.2, 0.25) is 0 Å². The van der Waals surface area contributed by atoms with Crippen molar-refractivity contribution in [3.63, 3.8) is 0 Å². The molecule has 4 rings (SSSR count). The van der Waals surface area contributed by atoms with Gasteiger partial charge in [0.1, 0.15) is 29.8 Å². The summed E-state index contributed by atoms with van der Waals surface area (Å²) >= 11 is 0. The molecular formula is C16H17N3O3. The zero-order valence-electron chi connectivity index (χ0n) is 12.8. The number of nitrogens with zero attached hydrogens (tertiary/aromatic N) is 3. The highest BCUT2D eigenvalue weighted by molar-refractivity contribution is 5.92. The predicted octanol–water partition coefficient (Wildman–Crippen LogP) is 2.75. The number of aliphatic hydroxyl groups is 1. The zero-order valence-corrected chi connectivity index (χ0v) is 12.8. The van der Waals surface area contributed by atoms with Gasteiger partial charge in [-0.05, 0) is 32.9 Å². The average molecular weight is 299 g/mol. The fourth-order valence-corrected chi connectivity index (χ4v) is 3.20. The second-order valence-corrected chi connectivity index (χ2v) is 5.66. The summed E-state index contributed by atoms with van der Waals surface area (Å²) in [6.45, 7) is 6.79. The standard InChI is InChI=1S/C16H17N3O3/c1-8-13(10(3)22-18-8)11-4-5-12-14-15(11)21-7-6-19(14)16(17-12)9(2)20/h4-5,9,20H,6-7H2,1-3H3. The van der Waals surface area contributed by atoms with Crippen LogP contribution in [0.25, 0.3) is 22.2 Å². The third-order valence-corrected chi connectivity index (χ3v) is 4.13. The molecule has 0 aliphatic carbocycles. The molecule has 0 fully saturated rings. The van der Waals surface area contributed by atoms with Crippen molar-refractivity contribution in [3.8, 4) is 16.9 Å². The first kappa shape index (κ1) is 13.3. The van der Waals surface area contributed by atoms with Gasteiger partial charge in [-0.2, -0.15) is 0 Å². The lowest BCUT2D eigenvalue weighted by molar-refractivity contribution is 0.180. The van der Waals surface area contributed by atoms with E-state index in [2.05, 4.69) is 10.1 Å². The summed E-state index contributed by atoms with van der Waals surface area (Å²) in [6.07, 6.45) is -0.610. The number of benzene rings is 1. The van der Waals surface area contributed by atoms with E-state index in [9.17, 15) is 5.11 Å². The first-order valence-electron chi connectivity index (χ1n) is 7.35. The van der Waals surface area contributed by atoms with Crippen molar-refractivity contribution >= 4 is 11.0 Å². The van der Waals surface area contributed by atoms with Crippen molar-refractivity contribution in [2.24, 2.45) is 0 Å². The Bertz CT molecular complexity index is 857. The largest absolute Gasteiger partial charge is 0.489 e. The second kappa shape index (κ2) is 4.58. The van der Waals surface area contributed by atoms with Crippen LogP contribution in [-0.4, -0.2) is 26.4 Å². The summed E-state index contributed by atoms with van der Waals surface area (Å²) in [5.41, 5.74) is 4.52. The molecule has 1 aliphatic heterocycles. The molecule has 1 unspecified atom stereocenters. The molecule has 0 bridgehead atoms. The van der Waals surface area contributed by atoms with Gasteiger partial charge in [-0.25, -0.2) is 4.98 Å². The highest BCUT2D eigenvalue weighted by Crippen LogP contribution is 2.41. The van der Waals surface area contributed by atoms with Crippen LogP contribution in [0.4, 0.5) is 0 Å². The van der Waals surface area contributed by atoms with E-state index in [1.807, 2.05) is 30.5 Å². The highest BCUT2D eigenvalue weighted by Gasteiger charge is 2.26. The summed E-state index contributed by atoms with van der Waals surface area (Å²) in [5, 5.41) is 14.0. The van der Waals surface area contributed by atoms with Crippen molar-refractivity contribution in [3.05, 3.63) is 29.4 Å². The van der Waals surface area contributed by atoms with Gasteiger partial charge < -0.3 is 18.9 Å². The number of aromatic nitrogens is 3. The van der Waals surface area contributed by atoms with Crippen LogP contribution in [-0.2, 0) is 6.54 Å². The van der Waals surface area contributed by atoms with Crippen LogP contribution in [0, 0.1) is 13.8 Å². The monoisotopic (exact) mass is 299 g/mol. The van der Waals surface area contributed by atoms with Crippen LogP contribution in [0.15, 0.2) is 16.7 Å². The van der Waals surface area contributed by atoms with Crippen LogP contribution < -0.4 is 4.74 Å². The Balaban J connectivity index is 2.06. The lowest BCUT2D eigenvalue weighted by Crippen LogP contribution is -2.17. The average Bonchev–Trinajstić information content (AvgIpc) is 3.03. The van der Waals surface area contributed by atoms with Crippen LogP contribution in [0.1, 0.15) is 30.3 Å². The Labute approximate surface area is 127 Å². The summed E-state index contributed by atoms with van der Waals surface area (Å²) in [6, 6.07) is 3.94. The van der Waals surface area contributed by atoms with E-state index < -0.39 is 6.10 Å². The first-order chi connectivity index (χ1) is 10.6. The molecule has 1 aromatic carbocycles. The van der Waals surface area contributed by atoms with Gasteiger partial charge in [-0.3, -0.25) is 0 Å². The Hall–Kier alpha value is -2.34. The molecule has 0 spiro atoms. The first-order valence-corrected chi connectivity index (χ1v) is 7.35. The van der Waals surface area contributed by atoms with Crippen LogP contribution >= 0.6 is 0 Å². The maximum atomic E-state index is 9.94. The van der Waals surface area contributed by atoms with Crippen molar-refractivity contribution in [2.45, 2.75) is 33.4 Å². The Morgan fingerprint density at radius 3 is 2.82 bits per heavy atom. The van der Waals surface area contributed by atoms with Crippen LogP contribution in [0.3, 0.4) is 0 Å². The van der Waals surface area contributed by atoms with Crippen LogP contribution in [0.5, 0.6) is 5.75 Å². The molecule has 3 aromatic rings. The minimum Gasteiger partial charge on any atom is -0.489 e. The molecule has 0 saturated heterocycles. The van der Waals surface area contributed by atoms with Crippen molar-refractivity contribution in [1.82, 2.24) is 14.7 Å².